The Morgan fingerprint density at radius 1 is 1.00 bits per heavy atom. The second-order valence-corrected chi connectivity index (χ2v) is 10.6. The van der Waals surface area contributed by atoms with Crippen molar-refractivity contribution in [2.75, 3.05) is 46.2 Å². The van der Waals surface area contributed by atoms with Crippen molar-refractivity contribution < 1.29 is 14.7 Å². The highest BCUT2D eigenvalue weighted by Crippen LogP contribution is 2.40. The van der Waals surface area contributed by atoms with E-state index in [1.54, 1.807) is 4.90 Å². The Morgan fingerprint density at radius 2 is 1.62 bits per heavy atom. The van der Waals surface area contributed by atoms with Gasteiger partial charge in [0, 0.05) is 38.4 Å². The van der Waals surface area contributed by atoms with Crippen LogP contribution in [-0.4, -0.2) is 67.9 Å². The standard InChI is InChI=1S/C28H37N3O3/c1-18-9-12-20(28(2,3)4)17-22(18)25(32)23-24(19-10-13-21(14-11-19)30(7)8)31(16-15-29(5)6)27(34)26(23)33/h9-14,17,24,32H,15-16H2,1-8H3/b25-23+. The van der Waals surface area contributed by atoms with Crippen molar-refractivity contribution in [2.24, 2.45) is 0 Å². The van der Waals surface area contributed by atoms with Gasteiger partial charge in [-0.05, 0) is 61.3 Å². The van der Waals surface area contributed by atoms with Gasteiger partial charge in [0.2, 0.25) is 0 Å². The number of likely N-dealkylation sites (N-methyl/N-ethyl adjacent to an activating group) is 1. The molecule has 1 aliphatic heterocycles. The summed E-state index contributed by atoms with van der Waals surface area (Å²) in [5.74, 6) is -1.33. The van der Waals surface area contributed by atoms with Crippen LogP contribution in [0.25, 0.3) is 5.76 Å². The Kier molecular flexibility index (Phi) is 7.22. The number of ketones is 1. The molecule has 2 aromatic rings. The summed E-state index contributed by atoms with van der Waals surface area (Å²) in [4.78, 5) is 32.0. The van der Waals surface area contributed by atoms with Gasteiger partial charge >= 0.3 is 0 Å². The van der Waals surface area contributed by atoms with Crippen LogP contribution in [0.2, 0.25) is 0 Å². The molecular formula is C28H37N3O3. The number of rotatable bonds is 6. The fourth-order valence-electron chi connectivity index (χ4n) is 4.21. The van der Waals surface area contributed by atoms with Gasteiger partial charge in [0.05, 0.1) is 11.6 Å². The molecule has 0 radical (unpaired) electrons. The van der Waals surface area contributed by atoms with Gasteiger partial charge in [-0.25, -0.2) is 0 Å². The highest BCUT2D eigenvalue weighted by Gasteiger charge is 2.46. The predicted molar refractivity (Wildman–Crippen MR) is 138 cm³/mol. The number of aliphatic hydroxyl groups is 1. The third kappa shape index (κ3) is 5.02. The number of aryl methyl sites for hydroxylation is 1. The first-order valence-corrected chi connectivity index (χ1v) is 11.6. The number of aliphatic hydroxyl groups excluding tert-OH is 1. The van der Waals surface area contributed by atoms with E-state index >= 15 is 0 Å². The minimum Gasteiger partial charge on any atom is -0.507 e. The molecule has 1 fully saturated rings. The Hall–Kier alpha value is -3.12. The molecule has 0 aromatic heterocycles. The van der Waals surface area contributed by atoms with Crippen LogP contribution in [-0.2, 0) is 15.0 Å². The molecule has 34 heavy (non-hydrogen) atoms. The summed E-state index contributed by atoms with van der Waals surface area (Å²) < 4.78 is 0. The van der Waals surface area contributed by atoms with E-state index < -0.39 is 17.7 Å². The summed E-state index contributed by atoms with van der Waals surface area (Å²) in [6, 6.07) is 13.1. The maximum absolute atomic E-state index is 13.3. The lowest BCUT2D eigenvalue weighted by molar-refractivity contribution is -0.140. The Morgan fingerprint density at radius 3 is 2.15 bits per heavy atom. The zero-order valence-electron chi connectivity index (χ0n) is 21.6. The van der Waals surface area contributed by atoms with E-state index in [1.807, 2.05) is 87.4 Å². The van der Waals surface area contributed by atoms with E-state index in [0.29, 0.717) is 18.7 Å². The molecule has 0 spiro atoms. The van der Waals surface area contributed by atoms with Crippen LogP contribution < -0.4 is 4.90 Å². The van der Waals surface area contributed by atoms with Crippen molar-refractivity contribution in [3.05, 3.63) is 70.3 Å². The molecule has 182 valence electrons. The molecule has 0 saturated carbocycles. The normalized spacial score (nSPS) is 18.1. The lowest BCUT2D eigenvalue weighted by Gasteiger charge is -2.27. The second kappa shape index (κ2) is 9.63. The van der Waals surface area contributed by atoms with E-state index in [1.165, 1.54) is 0 Å². The van der Waals surface area contributed by atoms with E-state index in [2.05, 4.69) is 20.8 Å². The SMILES string of the molecule is Cc1ccc(C(C)(C)C)cc1/C(O)=C1\C(=O)C(=O)N(CCN(C)C)C1c1ccc(N(C)C)cc1. The van der Waals surface area contributed by atoms with Gasteiger partial charge in [0.15, 0.2) is 0 Å². The zero-order chi connectivity index (χ0) is 25.4. The zero-order valence-corrected chi connectivity index (χ0v) is 21.6. The Balaban J connectivity index is 2.21. The molecule has 1 saturated heterocycles. The molecule has 3 rings (SSSR count). The second-order valence-electron chi connectivity index (χ2n) is 10.6. The van der Waals surface area contributed by atoms with Crippen molar-refractivity contribution >= 4 is 23.1 Å². The predicted octanol–water partition coefficient (Wildman–Crippen LogP) is 4.34. The average Bonchev–Trinajstić information content (AvgIpc) is 3.01. The molecule has 6 heteroatoms. The maximum Gasteiger partial charge on any atom is 0.295 e. The van der Waals surface area contributed by atoms with Crippen LogP contribution in [0.5, 0.6) is 0 Å². The molecule has 2 aromatic carbocycles. The number of carbonyl (C=O) groups excluding carboxylic acids is 2. The fraction of sp³-hybridized carbons (Fsp3) is 0.429. The average molecular weight is 464 g/mol. The number of nitrogens with zero attached hydrogens (tertiary/aromatic N) is 3. The number of benzene rings is 2. The van der Waals surface area contributed by atoms with Gasteiger partial charge in [-0.3, -0.25) is 9.59 Å². The molecule has 0 aliphatic carbocycles. The van der Waals surface area contributed by atoms with Gasteiger partial charge in [-0.1, -0.05) is 45.0 Å². The molecular weight excluding hydrogens is 426 g/mol. The van der Waals surface area contributed by atoms with Crippen molar-refractivity contribution in [1.82, 2.24) is 9.80 Å². The lowest BCUT2D eigenvalue weighted by Crippen LogP contribution is -2.35. The smallest absolute Gasteiger partial charge is 0.295 e. The first-order chi connectivity index (χ1) is 15.8. The maximum atomic E-state index is 13.3. The molecule has 1 heterocycles. The van der Waals surface area contributed by atoms with Crippen LogP contribution in [0.4, 0.5) is 5.69 Å². The van der Waals surface area contributed by atoms with Crippen LogP contribution in [0.1, 0.15) is 49.1 Å². The molecule has 1 amide bonds. The minimum atomic E-state index is -0.645. The fourth-order valence-corrected chi connectivity index (χ4v) is 4.21. The number of Topliss-reactive ketones (excluding diaryl/α,β-unsaturated/α-hetero) is 1. The number of likely N-dealkylation sites (tertiary alicyclic amines) is 1. The Labute approximate surface area is 203 Å². The highest BCUT2D eigenvalue weighted by molar-refractivity contribution is 6.46. The van der Waals surface area contributed by atoms with Crippen LogP contribution >= 0.6 is 0 Å². The molecule has 1 atom stereocenters. The summed E-state index contributed by atoms with van der Waals surface area (Å²) in [5.41, 5.74) is 4.34. The van der Waals surface area contributed by atoms with Gasteiger partial charge < -0.3 is 19.8 Å². The summed E-state index contributed by atoms with van der Waals surface area (Å²) in [5, 5.41) is 11.5. The molecule has 1 aliphatic rings. The van der Waals surface area contributed by atoms with Gasteiger partial charge in [0.25, 0.3) is 11.7 Å². The molecule has 6 nitrogen and oxygen atoms in total. The molecule has 1 N–H and O–H groups in total. The van der Waals surface area contributed by atoms with Crippen molar-refractivity contribution in [3.8, 4) is 0 Å². The monoisotopic (exact) mass is 463 g/mol. The summed E-state index contributed by atoms with van der Waals surface area (Å²) in [6.07, 6.45) is 0. The lowest BCUT2D eigenvalue weighted by atomic mass is 9.84. The third-order valence-corrected chi connectivity index (χ3v) is 6.41. The summed E-state index contributed by atoms with van der Waals surface area (Å²) in [6.45, 7) is 9.22. The largest absolute Gasteiger partial charge is 0.507 e. The minimum absolute atomic E-state index is 0.115. The van der Waals surface area contributed by atoms with Crippen molar-refractivity contribution in [3.63, 3.8) is 0 Å². The third-order valence-electron chi connectivity index (χ3n) is 6.41. The Bertz CT molecular complexity index is 1110. The highest BCUT2D eigenvalue weighted by atomic mass is 16.3. The van der Waals surface area contributed by atoms with Gasteiger partial charge in [-0.2, -0.15) is 0 Å². The topological polar surface area (TPSA) is 64.1 Å². The van der Waals surface area contributed by atoms with E-state index in [0.717, 1.165) is 22.4 Å². The first-order valence-electron chi connectivity index (χ1n) is 11.6. The number of carbonyl (C=O) groups is 2. The summed E-state index contributed by atoms with van der Waals surface area (Å²) in [7, 11) is 7.78. The van der Waals surface area contributed by atoms with Gasteiger partial charge in [0.1, 0.15) is 5.76 Å². The van der Waals surface area contributed by atoms with Crippen molar-refractivity contribution in [2.45, 2.75) is 39.2 Å². The van der Waals surface area contributed by atoms with Crippen LogP contribution in [0.3, 0.4) is 0 Å². The molecule has 0 bridgehead atoms. The van der Waals surface area contributed by atoms with E-state index in [9.17, 15) is 14.7 Å². The quantitative estimate of drug-likeness (QED) is 0.392. The summed E-state index contributed by atoms with van der Waals surface area (Å²) >= 11 is 0. The number of hydrogen-bond acceptors (Lipinski definition) is 5. The van der Waals surface area contributed by atoms with E-state index in [-0.39, 0.29) is 16.7 Å². The van der Waals surface area contributed by atoms with Crippen LogP contribution in [0.15, 0.2) is 48.0 Å². The number of anilines is 1. The number of amides is 1. The number of hydrogen-bond donors (Lipinski definition) is 1. The van der Waals surface area contributed by atoms with Crippen LogP contribution in [0, 0.1) is 6.92 Å². The molecule has 1 unspecified atom stereocenters. The first kappa shape index (κ1) is 25.5. The van der Waals surface area contributed by atoms with Crippen molar-refractivity contribution in [1.29, 1.82) is 0 Å². The van der Waals surface area contributed by atoms with Gasteiger partial charge in [-0.15, -0.1) is 0 Å². The van der Waals surface area contributed by atoms with E-state index in [4.69, 9.17) is 0 Å².